The van der Waals surface area contributed by atoms with E-state index < -0.39 is 0 Å². The fourth-order valence-corrected chi connectivity index (χ4v) is 3.45. The molecule has 9 heteroatoms. The zero-order valence-corrected chi connectivity index (χ0v) is 17.4. The van der Waals surface area contributed by atoms with Crippen LogP contribution < -0.4 is 15.0 Å². The minimum Gasteiger partial charge on any atom is -0.493 e. The van der Waals surface area contributed by atoms with Gasteiger partial charge in [-0.2, -0.15) is 10.4 Å². The van der Waals surface area contributed by atoms with Crippen LogP contribution in [0.3, 0.4) is 0 Å². The van der Waals surface area contributed by atoms with Crippen LogP contribution in [0.1, 0.15) is 32.2 Å². The third-order valence-electron chi connectivity index (χ3n) is 5.19. The summed E-state index contributed by atoms with van der Waals surface area (Å²) in [5, 5.41) is 16.5. The molecule has 1 fully saturated rings. The van der Waals surface area contributed by atoms with E-state index in [-0.39, 0.29) is 11.9 Å². The number of carbonyl (C=O) groups excluding carboxylic acids is 1. The number of aromatic nitrogens is 4. The van der Waals surface area contributed by atoms with Crippen LogP contribution in [0.4, 0.5) is 17.3 Å². The summed E-state index contributed by atoms with van der Waals surface area (Å²) in [6, 6.07) is 9.40. The Morgan fingerprint density at radius 3 is 2.74 bits per heavy atom. The molecule has 2 aromatic heterocycles. The number of nitrogens with one attached hydrogen (secondary N) is 1. The van der Waals surface area contributed by atoms with E-state index in [9.17, 15) is 4.79 Å². The second-order valence-electron chi connectivity index (χ2n) is 7.30. The number of hydrogen-bond acceptors (Lipinski definition) is 7. The van der Waals surface area contributed by atoms with Crippen LogP contribution in [-0.2, 0) is 4.79 Å². The fraction of sp³-hybridized carbons (Fsp3) is 0.318. The molecule has 3 heterocycles. The summed E-state index contributed by atoms with van der Waals surface area (Å²) in [4.78, 5) is 22.9. The van der Waals surface area contributed by atoms with Gasteiger partial charge in [0.25, 0.3) is 0 Å². The van der Waals surface area contributed by atoms with Crippen molar-refractivity contribution >= 4 is 23.2 Å². The molecule has 1 unspecified atom stereocenters. The summed E-state index contributed by atoms with van der Waals surface area (Å²) >= 11 is 0. The van der Waals surface area contributed by atoms with Crippen molar-refractivity contribution in [3.63, 3.8) is 0 Å². The zero-order valence-electron chi connectivity index (χ0n) is 17.4. The SMILES string of the molecule is COc1cnc(Nc2ccc(N3CCCCC3=O)cc2)nc1-c1cnn(C(C)C#N)c1. The van der Waals surface area contributed by atoms with Gasteiger partial charge in [-0.3, -0.25) is 9.48 Å². The van der Waals surface area contributed by atoms with E-state index in [4.69, 9.17) is 10.00 Å². The molecular formula is C22H23N7O2. The highest BCUT2D eigenvalue weighted by molar-refractivity contribution is 5.94. The summed E-state index contributed by atoms with van der Waals surface area (Å²) in [5.74, 6) is 1.08. The average molecular weight is 417 g/mol. The van der Waals surface area contributed by atoms with E-state index in [1.807, 2.05) is 29.2 Å². The molecule has 31 heavy (non-hydrogen) atoms. The summed E-state index contributed by atoms with van der Waals surface area (Å²) in [6.45, 7) is 2.52. The molecule has 1 amide bonds. The summed E-state index contributed by atoms with van der Waals surface area (Å²) in [6.07, 6.45) is 7.58. The summed E-state index contributed by atoms with van der Waals surface area (Å²) in [5.41, 5.74) is 3.00. The quantitative estimate of drug-likeness (QED) is 0.651. The number of nitriles is 1. The predicted molar refractivity (Wildman–Crippen MR) is 116 cm³/mol. The number of amides is 1. The van der Waals surface area contributed by atoms with Crippen LogP contribution in [0.2, 0.25) is 0 Å². The van der Waals surface area contributed by atoms with Gasteiger partial charge in [0.05, 0.1) is 25.6 Å². The van der Waals surface area contributed by atoms with Gasteiger partial charge in [0.2, 0.25) is 11.9 Å². The van der Waals surface area contributed by atoms with Crippen molar-refractivity contribution in [2.45, 2.75) is 32.2 Å². The normalized spacial score (nSPS) is 14.7. The highest BCUT2D eigenvalue weighted by Crippen LogP contribution is 2.30. The highest BCUT2D eigenvalue weighted by Gasteiger charge is 2.19. The van der Waals surface area contributed by atoms with Crippen molar-refractivity contribution in [2.24, 2.45) is 0 Å². The molecular weight excluding hydrogens is 394 g/mol. The topological polar surface area (TPSA) is 109 Å². The molecule has 158 valence electrons. The van der Waals surface area contributed by atoms with E-state index in [2.05, 4.69) is 26.5 Å². The molecule has 0 radical (unpaired) electrons. The Balaban J connectivity index is 1.55. The van der Waals surface area contributed by atoms with E-state index in [1.54, 1.807) is 37.3 Å². The number of benzene rings is 1. The molecule has 9 nitrogen and oxygen atoms in total. The maximum atomic E-state index is 12.1. The lowest BCUT2D eigenvalue weighted by Gasteiger charge is -2.26. The molecule has 3 aromatic rings. The molecule has 1 N–H and O–H groups in total. The molecule has 1 atom stereocenters. The lowest BCUT2D eigenvalue weighted by Crippen LogP contribution is -2.35. The van der Waals surface area contributed by atoms with Gasteiger partial charge in [-0.05, 0) is 44.0 Å². The van der Waals surface area contributed by atoms with Gasteiger partial charge in [0.15, 0.2) is 5.75 Å². The first-order valence-electron chi connectivity index (χ1n) is 10.1. The van der Waals surface area contributed by atoms with Crippen molar-refractivity contribution in [2.75, 3.05) is 23.9 Å². The first kappa shape index (κ1) is 20.3. The monoisotopic (exact) mass is 417 g/mol. The van der Waals surface area contributed by atoms with Gasteiger partial charge in [-0.15, -0.1) is 0 Å². The number of carbonyl (C=O) groups is 1. The van der Waals surface area contributed by atoms with Crippen LogP contribution >= 0.6 is 0 Å². The highest BCUT2D eigenvalue weighted by atomic mass is 16.5. The average Bonchev–Trinajstić information content (AvgIpc) is 3.30. The Morgan fingerprint density at radius 1 is 1.23 bits per heavy atom. The Kier molecular flexibility index (Phi) is 5.80. The first-order chi connectivity index (χ1) is 15.1. The molecule has 4 rings (SSSR count). The number of nitrogens with zero attached hydrogens (tertiary/aromatic N) is 6. The first-order valence-corrected chi connectivity index (χ1v) is 10.1. The molecule has 1 aliphatic rings. The molecule has 0 saturated carbocycles. The Hall–Kier alpha value is -3.93. The third kappa shape index (κ3) is 4.33. The fourth-order valence-electron chi connectivity index (χ4n) is 3.45. The van der Waals surface area contributed by atoms with Crippen LogP contribution in [0.25, 0.3) is 11.3 Å². The largest absolute Gasteiger partial charge is 0.493 e. The Bertz CT molecular complexity index is 1120. The van der Waals surface area contributed by atoms with Gasteiger partial charge >= 0.3 is 0 Å². The molecule has 1 aliphatic heterocycles. The number of methoxy groups -OCH3 is 1. The van der Waals surface area contributed by atoms with E-state index in [1.165, 1.54) is 0 Å². The van der Waals surface area contributed by atoms with Gasteiger partial charge in [0.1, 0.15) is 11.7 Å². The number of hydrogen-bond donors (Lipinski definition) is 1. The van der Waals surface area contributed by atoms with Crippen LogP contribution in [-0.4, -0.2) is 39.3 Å². The standard InChI is InChI=1S/C22H23N7O2/c1-15(11-23)29-14-16(12-25-29)21-19(31-2)13-24-22(27-21)26-17-6-8-18(9-7-17)28-10-4-3-5-20(28)30/h6-9,12-15H,3-5,10H2,1-2H3,(H,24,26,27). The van der Waals surface area contributed by atoms with Crippen molar-refractivity contribution < 1.29 is 9.53 Å². The third-order valence-corrected chi connectivity index (χ3v) is 5.19. The lowest BCUT2D eigenvalue weighted by atomic mass is 10.1. The van der Waals surface area contributed by atoms with Crippen LogP contribution in [0.5, 0.6) is 5.75 Å². The smallest absolute Gasteiger partial charge is 0.227 e. The lowest BCUT2D eigenvalue weighted by molar-refractivity contribution is -0.119. The van der Waals surface area contributed by atoms with E-state index in [0.717, 1.165) is 36.3 Å². The van der Waals surface area contributed by atoms with Gasteiger partial charge in [-0.1, -0.05) is 0 Å². The number of piperidine rings is 1. The molecule has 1 saturated heterocycles. The summed E-state index contributed by atoms with van der Waals surface area (Å²) in [7, 11) is 1.55. The van der Waals surface area contributed by atoms with Crippen LogP contribution in [0, 0.1) is 11.3 Å². The zero-order chi connectivity index (χ0) is 21.8. The Labute approximate surface area is 180 Å². The van der Waals surface area contributed by atoms with Crippen molar-refractivity contribution in [3.8, 4) is 23.1 Å². The second kappa shape index (κ2) is 8.83. The molecule has 0 spiro atoms. The van der Waals surface area contributed by atoms with Gasteiger partial charge in [0, 0.05) is 36.1 Å². The van der Waals surface area contributed by atoms with Gasteiger partial charge in [-0.25, -0.2) is 9.97 Å². The number of ether oxygens (including phenoxy) is 1. The van der Waals surface area contributed by atoms with Crippen molar-refractivity contribution in [3.05, 3.63) is 42.9 Å². The summed E-state index contributed by atoms with van der Waals surface area (Å²) < 4.78 is 6.98. The maximum absolute atomic E-state index is 12.1. The molecule has 0 bridgehead atoms. The van der Waals surface area contributed by atoms with Gasteiger partial charge < -0.3 is 15.0 Å². The van der Waals surface area contributed by atoms with E-state index >= 15 is 0 Å². The van der Waals surface area contributed by atoms with Crippen molar-refractivity contribution in [1.82, 2.24) is 19.7 Å². The second-order valence-corrected chi connectivity index (χ2v) is 7.30. The van der Waals surface area contributed by atoms with Crippen LogP contribution in [0.15, 0.2) is 42.9 Å². The van der Waals surface area contributed by atoms with Crippen molar-refractivity contribution in [1.29, 1.82) is 5.26 Å². The predicted octanol–water partition coefficient (Wildman–Crippen LogP) is 3.69. The molecule has 1 aromatic carbocycles. The number of rotatable bonds is 6. The minimum absolute atomic E-state index is 0.168. The minimum atomic E-state index is -0.385. The molecule has 0 aliphatic carbocycles. The number of anilines is 3. The maximum Gasteiger partial charge on any atom is 0.227 e. The van der Waals surface area contributed by atoms with E-state index in [0.29, 0.717) is 23.8 Å². The Morgan fingerprint density at radius 2 is 2.03 bits per heavy atom.